The maximum absolute atomic E-state index is 12.9. The number of nitrogens with zero attached hydrogens (tertiary/aromatic N) is 2. The molecule has 0 aliphatic carbocycles. The van der Waals surface area contributed by atoms with E-state index in [-0.39, 0.29) is 18.6 Å². The quantitative estimate of drug-likeness (QED) is 0.714. The van der Waals surface area contributed by atoms with E-state index >= 15 is 0 Å². The van der Waals surface area contributed by atoms with Crippen LogP contribution in [0.5, 0.6) is 0 Å². The van der Waals surface area contributed by atoms with E-state index in [0.717, 1.165) is 58.3 Å². The molecule has 5 nitrogen and oxygen atoms in total. The second-order valence-corrected chi connectivity index (χ2v) is 7.51. The molecule has 144 valence electrons. The summed E-state index contributed by atoms with van der Waals surface area (Å²) in [4.78, 5) is 17.3. The first-order valence-electron chi connectivity index (χ1n) is 9.93. The molecule has 0 saturated carbocycles. The molecule has 0 bridgehead atoms. The SMILES string of the molecule is CN1CCC(N(CCc2ccccc2)C(=O)COC[C@@H]2CCCO2)CC1. The van der Waals surface area contributed by atoms with E-state index in [1.165, 1.54) is 5.56 Å². The highest BCUT2D eigenvalue weighted by molar-refractivity contribution is 5.77. The van der Waals surface area contributed by atoms with Crippen molar-refractivity contribution in [2.45, 2.75) is 44.2 Å². The van der Waals surface area contributed by atoms with Crippen molar-refractivity contribution in [3.05, 3.63) is 35.9 Å². The number of likely N-dealkylation sites (tertiary alicyclic amines) is 1. The second-order valence-electron chi connectivity index (χ2n) is 7.51. The lowest BCUT2D eigenvalue weighted by molar-refractivity contribution is -0.140. The van der Waals surface area contributed by atoms with Crippen LogP contribution in [0.1, 0.15) is 31.2 Å². The third-order valence-electron chi connectivity index (χ3n) is 5.49. The first-order valence-corrected chi connectivity index (χ1v) is 9.93. The first kappa shape index (κ1) is 19.3. The minimum absolute atomic E-state index is 0.119. The van der Waals surface area contributed by atoms with E-state index in [4.69, 9.17) is 9.47 Å². The van der Waals surface area contributed by atoms with Crippen molar-refractivity contribution in [1.29, 1.82) is 0 Å². The van der Waals surface area contributed by atoms with Crippen LogP contribution < -0.4 is 0 Å². The van der Waals surface area contributed by atoms with E-state index in [9.17, 15) is 4.79 Å². The lowest BCUT2D eigenvalue weighted by Crippen LogP contribution is -2.48. The van der Waals surface area contributed by atoms with Gasteiger partial charge in [0.2, 0.25) is 5.91 Å². The van der Waals surface area contributed by atoms with Crippen molar-refractivity contribution in [3.8, 4) is 0 Å². The molecule has 1 amide bonds. The Kier molecular flexibility index (Phi) is 7.47. The highest BCUT2D eigenvalue weighted by Gasteiger charge is 2.27. The van der Waals surface area contributed by atoms with Gasteiger partial charge in [0.15, 0.2) is 0 Å². The third kappa shape index (κ3) is 5.79. The molecule has 0 radical (unpaired) electrons. The Hall–Kier alpha value is -1.43. The second kappa shape index (κ2) is 10.0. The average Bonchev–Trinajstić information content (AvgIpc) is 3.18. The van der Waals surface area contributed by atoms with Crippen LogP contribution in [-0.4, -0.2) is 74.4 Å². The standard InChI is InChI=1S/C21H32N2O3/c1-22-12-10-19(11-13-22)23(14-9-18-6-3-2-4-7-18)21(24)17-25-16-20-8-5-15-26-20/h2-4,6-7,19-20H,5,8-17H2,1H3/t20-/m0/s1. The number of amides is 1. The Balaban J connectivity index is 1.53. The first-order chi connectivity index (χ1) is 12.7. The Bertz CT molecular complexity index is 537. The number of rotatable bonds is 8. The van der Waals surface area contributed by atoms with E-state index in [1.807, 2.05) is 6.07 Å². The molecule has 0 unspecified atom stereocenters. The largest absolute Gasteiger partial charge is 0.376 e. The zero-order valence-corrected chi connectivity index (χ0v) is 15.9. The van der Waals surface area contributed by atoms with Crippen LogP contribution in [0, 0.1) is 0 Å². The number of piperidine rings is 1. The van der Waals surface area contributed by atoms with Gasteiger partial charge in [-0.3, -0.25) is 4.79 Å². The fourth-order valence-corrected chi connectivity index (χ4v) is 3.85. The highest BCUT2D eigenvalue weighted by atomic mass is 16.5. The summed E-state index contributed by atoms with van der Waals surface area (Å²) in [5, 5.41) is 0. The smallest absolute Gasteiger partial charge is 0.248 e. The molecule has 1 aromatic carbocycles. The molecule has 0 spiro atoms. The van der Waals surface area contributed by atoms with E-state index in [1.54, 1.807) is 0 Å². The predicted octanol–water partition coefficient (Wildman–Crippen LogP) is 2.35. The molecular weight excluding hydrogens is 328 g/mol. The number of ether oxygens (including phenoxy) is 2. The van der Waals surface area contributed by atoms with Crippen molar-refractivity contribution in [3.63, 3.8) is 0 Å². The van der Waals surface area contributed by atoms with Gasteiger partial charge in [-0.25, -0.2) is 0 Å². The summed E-state index contributed by atoms with van der Waals surface area (Å²) in [5.74, 6) is 0.119. The Morgan fingerprint density at radius 2 is 2.00 bits per heavy atom. The topological polar surface area (TPSA) is 42.0 Å². The fourth-order valence-electron chi connectivity index (χ4n) is 3.85. The van der Waals surface area contributed by atoms with Gasteiger partial charge < -0.3 is 19.3 Å². The van der Waals surface area contributed by atoms with Crippen LogP contribution in [0.25, 0.3) is 0 Å². The van der Waals surface area contributed by atoms with Crippen LogP contribution in [-0.2, 0) is 20.7 Å². The summed E-state index contributed by atoms with van der Waals surface area (Å²) in [6.45, 7) is 4.39. The Labute approximate surface area is 157 Å². The third-order valence-corrected chi connectivity index (χ3v) is 5.49. The minimum Gasteiger partial charge on any atom is -0.376 e. The molecule has 0 N–H and O–H groups in total. The van der Waals surface area contributed by atoms with Crippen molar-refractivity contribution in [1.82, 2.24) is 9.80 Å². The molecule has 5 heteroatoms. The summed E-state index contributed by atoms with van der Waals surface area (Å²) >= 11 is 0. The molecule has 2 saturated heterocycles. The average molecular weight is 360 g/mol. The molecule has 2 heterocycles. The minimum atomic E-state index is 0.119. The molecule has 0 aromatic heterocycles. The summed E-state index contributed by atoms with van der Waals surface area (Å²) in [6, 6.07) is 10.7. The monoisotopic (exact) mass is 360 g/mol. The molecule has 26 heavy (non-hydrogen) atoms. The highest BCUT2D eigenvalue weighted by Crippen LogP contribution is 2.17. The van der Waals surface area contributed by atoms with Crippen LogP contribution in [0.3, 0.4) is 0 Å². The molecule has 1 atom stereocenters. The molecule has 1 aromatic rings. The van der Waals surface area contributed by atoms with Gasteiger partial charge in [0, 0.05) is 19.2 Å². The summed E-state index contributed by atoms with van der Waals surface area (Å²) in [6.07, 6.45) is 5.29. The van der Waals surface area contributed by atoms with Crippen LogP contribution in [0.15, 0.2) is 30.3 Å². The fraction of sp³-hybridized carbons (Fsp3) is 0.667. The number of hydrogen-bond donors (Lipinski definition) is 0. The molecule has 2 fully saturated rings. The van der Waals surface area contributed by atoms with Gasteiger partial charge in [0.05, 0.1) is 12.7 Å². The molecule has 3 rings (SSSR count). The van der Waals surface area contributed by atoms with Crippen molar-refractivity contribution >= 4 is 5.91 Å². The van der Waals surface area contributed by atoms with Gasteiger partial charge >= 0.3 is 0 Å². The summed E-state index contributed by atoms with van der Waals surface area (Å²) < 4.78 is 11.3. The van der Waals surface area contributed by atoms with Crippen molar-refractivity contribution in [2.75, 3.05) is 46.5 Å². The van der Waals surface area contributed by atoms with E-state index in [2.05, 4.69) is 41.1 Å². The number of hydrogen-bond acceptors (Lipinski definition) is 4. The number of carbonyl (C=O) groups is 1. The lowest BCUT2D eigenvalue weighted by Gasteiger charge is -2.37. The van der Waals surface area contributed by atoms with Gasteiger partial charge in [-0.1, -0.05) is 30.3 Å². The van der Waals surface area contributed by atoms with E-state index in [0.29, 0.717) is 12.6 Å². The number of carbonyl (C=O) groups excluding carboxylic acids is 1. The van der Waals surface area contributed by atoms with Gasteiger partial charge in [-0.2, -0.15) is 0 Å². The summed E-state index contributed by atoms with van der Waals surface area (Å²) in [5.41, 5.74) is 1.28. The Morgan fingerprint density at radius 1 is 1.23 bits per heavy atom. The van der Waals surface area contributed by atoms with Gasteiger partial charge in [-0.05, 0) is 57.8 Å². The predicted molar refractivity (Wildman–Crippen MR) is 102 cm³/mol. The van der Waals surface area contributed by atoms with E-state index < -0.39 is 0 Å². The maximum atomic E-state index is 12.9. The maximum Gasteiger partial charge on any atom is 0.248 e. The van der Waals surface area contributed by atoms with Crippen molar-refractivity contribution in [2.24, 2.45) is 0 Å². The lowest BCUT2D eigenvalue weighted by atomic mass is 10.0. The number of benzene rings is 1. The normalized spacial score (nSPS) is 21.8. The molecule has 2 aliphatic heterocycles. The van der Waals surface area contributed by atoms with Gasteiger partial charge in [0.25, 0.3) is 0 Å². The van der Waals surface area contributed by atoms with Crippen LogP contribution in [0.2, 0.25) is 0 Å². The zero-order chi connectivity index (χ0) is 18.2. The van der Waals surface area contributed by atoms with Crippen molar-refractivity contribution < 1.29 is 14.3 Å². The Morgan fingerprint density at radius 3 is 2.69 bits per heavy atom. The zero-order valence-electron chi connectivity index (χ0n) is 15.9. The summed E-state index contributed by atoms with van der Waals surface area (Å²) in [7, 11) is 2.15. The van der Waals surface area contributed by atoms with Gasteiger partial charge in [-0.15, -0.1) is 0 Å². The molecular formula is C21H32N2O3. The van der Waals surface area contributed by atoms with Crippen LogP contribution >= 0.6 is 0 Å². The van der Waals surface area contributed by atoms with Crippen LogP contribution in [0.4, 0.5) is 0 Å². The molecule has 2 aliphatic rings. The van der Waals surface area contributed by atoms with Gasteiger partial charge in [0.1, 0.15) is 6.61 Å².